The molecule has 4 heteroatoms. The highest BCUT2D eigenvalue weighted by atomic mass is 16.5. The van der Waals surface area contributed by atoms with Gasteiger partial charge >= 0.3 is 0 Å². The zero-order chi connectivity index (χ0) is 21.3. The summed E-state index contributed by atoms with van der Waals surface area (Å²) in [4.78, 5) is 11.2. The van der Waals surface area contributed by atoms with Crippen molar-refractivity contribution < 1.29 is 9.53 Å². The van der Waals surface area contributed by atoms with Crippen LogP contribution in [0.1, 0.15) is 53.5 Å². The van der Waals surface area contributed by atoms with E-state index in [0.717, 1.165) is 34.5 Å². The van der Waals surface area contributed by atoms with Crippen LogP contribution < -0.4 is 15.8 Å². The van der Waals surface area contributed by atoms with Crippen molar-refractivity contribution in [2.24, 2.45) is 11.7 Å². The second-order valence-corrected chi connectivity index (χ2v) is 7.78. The molecule has 28 heavy (non-hydrogen) atoms. The lowest BCUT2D eigenvalue weighted by Crippen LogP contribution is -2.43. The number of rotatable bonds is 7. The number of nitrogens with two attached hydrogens (primary N) is 1. The maximum Gasteiger partial charge on any atom is 0.221 e. The normalized spacial score (nSPS) is 12.6. The average molecular weight is 385 g/mol. The molecule has 0 saturated carbocycles. The molecule has 1 unspecified atom stereocenters. The van der Waals surface area contributed by atoms with Crippen molar-refractivity contribution in [2.75, 3.05) is 11.9 Å². The van der Waals surface area contributed by atoms with Gasteiger partial charge in [-0.05, 0) is 67.1 Å². The molecule has 0 saturated heterocycles. The molecule has 0 bridgehead atoms. The molecular weight excluding hydrogens is 348 g/mol. The van der Waals surface area contributed by atoms with Crippen molar-refractivity contribution in [3.05, 3.63) is 48.0 Å². The van der Waals surface area contributed by atoms with Gasteiger partial charge < -0.3 is 15.8 Å². The molecule has 0 radical (unpaired) electrons. The average Bonchev–Trinajstić information content (AvgIpc) is 2.61. The lowest BCUT2D eigenvalue weighted by atomic mass is 9.93. The van der Waals surface area contributed by atoms with E-state index < -0.39 is 0 Å². The van der Waals surface area contributed by atoms with E-state index >= 15 is 0 Å². The summed E-state index contributed by atoms with van der Waals surface area (Å²) in [5.41, 5.74) is 9.98. The Morgan fingerprint density at radius 1 is 1.14 bits per heavy atom. The number of anilines is 1. The summed E-state index contributed by atoms with van der Waals surface area (Å²) in [7, 11) is 0. The van der Waals surface area contributed by atoms with Crippen molar-refractivity contribution in [3.63, 3.8) is 0 Å². The van der Waals surface area contributed by atoms with Crippen LogP contribution in [0.2, 0.25) is 0 Å². The van der Waals surface area contributed by atoms with Gasteiger partial charge in [-0.25, -0.2) is 0 Å². The molecular formula is C24H36N2O2. The number of ether oxygens (including phenoxy) is 1. The fraction of sp³-hybridized carbons (Fsp3) is 0.458. The van der Waals surface area contributed by atoms with E-state index in [1.165, 1.54) is 6.92 Å². The maximum atomic E-state index is 11.2. The topological polar surface area (TPSA) is 64.3 Å². The SMILES string of the molecule is CC.CC(=O)Nc1cccc(-c2ccc(OCC(C)(N)CC(C)C)c(C)c2)c1. The van der Waals surface area contributed by atoms with E-state index in [1.54, 1.807) is 0 Å². The van der Waals surface area contributed by atoms with Gasteiger partial charge in [-0.15, -0.1) is 0 Å². The van der Waals surface area contributed by atoms with Crippen LogP contribution in [0.3, 0.4) is 0 Å². The second kappa shape index (κ2) is 10.9. The lowest BCUT2D eigenvalue weighted by Gasteiger charge is -2.27. The van der Waals surface area contributed by atoms with Crippen LogP contribution in [0.15, 0.2) is 42.5 Å². The standard InChI is InChI=1S/C22H30N2O2.C2H6/c1-15(2)13-22(5,23)14-26-21-10-9-19(11-16(21)3)18-7-6-8-20(12-18)24-17(4)25;1-2/h6-12,15H,13-14,23H2,1-5H3,(H,24,25);1-2H3. The van der Waals surface area contributed by atoms with Gasteiger partial charge in [0.05, 0.1) is 0 Å². The van der Waals surface area contributed by atoms with Crippen LogP contribution in [-0.4, -0.2) is 18.1 Å². The first-order chi connectivity index (χ1) is 13.2. The summed E-state index contributed by atoms with van der Waals surface area (Å²) in [5.74, 6) is 1.31. The lowest BCUT2D eigenvalue weighted by molar-refractivity contribution is -0.114. The summed E-state index contributed by atoms with van der Waals surface area (Å²) in [6.07, 6.45) is 0.917. The maximum absolute atomic E-state index is 11.2. The first-order valence-corrected chi connectivity index (χ1v) is 10.1. The highest BCUT2D eigenvalue weighted by Gasteiger charge is 2.21. The molecule has 4 nitrogen and oxygen atoms in total. The quantitative estimate of drug-likeness (QED) is 0.635. The predicted molar refractivity (Wildman–Crippen MR) is 120 cm³/mol. The van der Waals surface area contributed by atoms with Crippen molar-refractivity contribution >= 4 is 11.6 Å². The largest absolute Gasteiger partial charge is 0.491 e. The van der Waals surface area contributed by atoms with E-state index in [-0.39, 0.29) is 11.4 Å². The minimum Gasteiger partial charge on any atom is -0.491 e. The molecule has 0 spiro atoms. The Bertz CT molecular complexity index is 767. The van der Waals surface area contributed by atoms with E-state index in [0.29, 0.717) is 12.5 Å². The Hall–Kier alpha value is -2.33. The summed E-state index contributed by atoms with van der Waals surface area (Å²) in [5, 5.41) is 2.82. The molecule has 0 aliphatic heterocycles. The second-order valence-electron chi connectivity index (χ2n) is 7.78. The molecule has 2 aromatic rings. The smallest absolute Gasteiger partial charge is 0.221 e. The minimum atomic E-state index is -0.341. The molecule has 2 aromatic carbocycles. The van der Waals surface area contributed by atoms with Crippen molar-refractivity contribution in [2.45, 2.75) is 60.4 Å². The highest BCUT2D eigenvalue weighted by molar-refractivity contribution is 5.89. The fourth-order valence-corrected chi connectivity index (χ4v) is 3.20. The predicted octanol–water partition coefficient (Wildman–Crippen LogP) is 5.79. The van der Waals surface area contributed by atoms with E-state index in [2.05, 4.69) is 25.2 Å². The van der Waals surface area contributed by atoms with E-state index in [9.17, 15) is 4.79 Å². The third-order valence-corrected chi connectivity index (χ3v) is 4.12. The van der Waals surface area contributed by atoms with Crippen LogP contribution in [-0.2, 0) is 4.79 Å². The molecule has 0 fully saturated rings. The van der Waals surface area contributed by atoms with Gasteiger partial charge in [0.1, 0.15) is 12.4 Å². The van der Waals surface area contributed by atoms with Gasteiger partial charge in [0, 0.05) is 18.2 Å². The molecule has 1 amide bonds. The number of carbonyl (C=O) groups is 1. The zero-order valence-electron chi connectivity index (χ0n) is 18.4. The monoisotopic (exact) mass is 384 g/mol. The van der Waals surface area contributed by atoms with Gasteiger partial charge in [0.15, 0.2) is 0 Å². The van der Waals surface area contributed by atoms with Gasteiger partial charge in [0.25, 0.3) is 0 Å². The molecule has 0 aromatic heterocycles. The number of nitrogens with one attached hydrogen (secondary N) is 1. The third kappa shape index (κ3) is 7.73. The summed E-state index contributed by atoms with van der Waals surface area (Å²) in [6.45, 7) is 14.4. The van der Waals surface area contributed by atoms with Gasteiger partial charge in [-0.1, -0.05) is 45.9 Å². The summed E-state index contributed by atoms with van der Waals surface area (Å²) < 4.78 is 5.99. The molecule has 3 N–H and O–H groups in total. The van der Waals surface area contributed by atoms with E-state index in [1.807, 2.05) is 64.1 Å². The summed E-state index contributed by atoms with van der Waals surface area (Å²) in [6, 6.07) is 13.9. The zero-order valence-corrected chi connectivity index (χ0v) is 18.4. The van der Waals surface area contributed by atoms with Crippen molar-refractivity contribution in [3.8, 4) is 16.9 Å². The number of benzene rings is 2. The Balaban J connectivity index is 0.00000190. The van der Waals surface area contributed by atoms with Gasteiger partial charge in [-0.3, -0.25) is 4.79 Å². The number of amides is 1. The van der Waals surface area contributed by atoms with Gasteiger partial charge in [-0.2, -0.15) is 0 Å². The molecule has 2 rings (SSSR count). The molecule has 154 valence electrons. The van der Waals surface area contributed by atoms with Gasteiger partial charge in [0.2, 0.25) is 5.91 Å². The van der Waals surface area contributed by atoms with Crippen LogP contribution in [0, 0.1) is 12.8 Å². The minimum absolute atomic E-state index is 0.0756. The highest BCUT2D eigenvalue weighted by Crippen LogP contribution is 2.28. The summed E-state index contributed by atoms with van der Waals surface area (Å²) >= 11 is 0. The van der Waals surface area contributed by atoms with Crippen molar-refractivity contribution in [1.29, 1.82) is 0 Å². The van der Waals surface area contributed by atoms with Crippen molar-refractivity contribution in [1.82, 2.24) is 0 Å². The first-order valence-electron chi connectivity index (χ1n) is 10.1. The third-order valence-electron chi connectivity index (χ3n) is 4.12. The molecule has 0 heterocycles. The number of carbonyl (C=O) groups excluding carboxylic acids is 1. The van der Waals surface area contributed by atoms with Crippen LogP contribution in [0.5, 0.6) is 5.75 Å². The van der Waals surface area contributed by atoms with Crippen LogP contribution in [0.25, 0.3) is 11.1 Å². The van der Waals surface area contributed by atoms with E-state index in [4.69, 9.17) is 10.5 Å². The Kier molecular flexibility index (Phi) is 9.20. The van der Waals surface area contributed by atoms with Crippen LogP contribution >= 0.6 is 0 Å². The number of hydrogen-bond donors (Lipinski definition) is 2. The molecule has 0 aliphatic carbocycles. The first kappa shape index (κ1) is 23.7. The Labute approximate surface area is 170 Å². The van der Waals surface area contributed by atoms with Crippen LogP contribution in [0.4, 0.5) is 5.69 Å². The Morgan fingerprint density at radius 3 is 2.36 bits per heavy atom. The molecule has 0 aliphatic rings. The number of aryl methyl sites for hydroxylation is 1. The fourth-order valence-electron chi connectivity index (χ4n) is 3.20. The number of hydrogen-bond acceptors (Lipinski definition) is 3. The molecule has 1 atom stereocenters. The Morgan fingerprint density at radius 2 is 1.79 bits per heavy atom.